The van der Waals surface area contributed by atoms with Gasteiger partial charge in [-0.25, -0.2) is 9.59 Å². The number of hydrogen-bond acceptors (Lipinski definition) is 5. The molecule has 1 aliphatic heterocycles. The summed E-state index contributed by atoms with van der Waals surface area (Å²) in [7, 11) is 1.31. The summed E-state index contributed by atoms with van der Waals surface area (Å²) in [5.74, 6) is 1.78. The molecule has 36 heavy (non-hydrogen) atoms. The summed E-state index contributed by atoms with van der Waals surface area (Å²) in [5.41, 5.74) is 5.05. The number of nitrogens with one attached hydrogen (secondary N) is 2. The number of nitrogens with zero attached hydrogens (tertiary/aromatic N) is 3. The fraction of sp³-hybridized carbons (Fsp3) is 0.464. The number of aryl methyl sites for hydroxylation is 1. The molecule has 2 fully saturated rings. The largest absolute Gasteiger partial charge is 0.451 e. The molecule has 3 aromatic rings. The molecule has 0 spiro atoms. The van der Waals surface area contributed by atoms with Gasteiger partial charge < -0.3 is 20.3 Å². The van der Waals surface area contributed by atoms with Gasteiger partial charge in [-0.1, -0.05) is 31.4 Å². The number of anilines is 2. The lowest BCUT2D eigenvalue weighted by molar-refractivity contribution is 0.170. The van der Waals surface area contributed by atoms with Crippen LogP contribution in [0.1, 0.15) is 55.7 Å². The third-order valence-corrected chi connectivity index (χ3v) is 8.38. The fourth-order valence-electron chi connectivity index (χ4n) is 6.49. The van der Waals surface area contributed by atoms with Crippen molar-refractivity contribution in [3.05, 3.63) is 53.7 Å². The number of hydrogen-bond donors (Lipinski definition) is 2. The Bertz CT molecular complexity index is 1300. The van der Waals surface area contributed by atoms with Gasteiger partial charge in [0.2, 0.25) is 0 Å². The van der Waals surface area contributed by atoms with Crippen LogP contribution >= 0.6 is 0 Å². The van der Waals surface area contributed by atoms with Crippen LogP contribution in [0.2, 0.25) is 0 Å². The van der Waals surface area contributed by atoms with Crippen molar-refractivity contribution in [1.29, 1.82) is 0 Å². The first-order chi connectivity index (χ1) is 17.6. The fourth-order valence-corrected chi connectivity index (χ4v) is 6.49. The van der Waals surface area contributed by atoms with Crippen molar-refractivity contribution >= 4 is 34.4 Å². The Hall–Kier alpha value is -3.55. The summed E-state index contributed by atoms with van der Waals surface area (Å²) < 4.78 is 5.96. The Kier molecular flexibility index (Phi) is 6.03. The third-order valence-electron chi connectivity index (χ3n) is 8.38. The molecule has 2 heterocycles. The number of ether oxygens (including phenoxy) is 1. The summed E-state index contributed by atoms with van der Waals surface area (Å²) in [4.78, 5) is 27.4. The van der Waals surface area contributed by atoms with E-state index in [1.54, 1.807) is 24.4 Å². The molecule has 0 bridgehead atoms. The molecule has 8 heteroatoms. The number of aromatic nitrogens is 2. The van der Waals surface area contributed by atoms with Gasteiger partial charge in [0.25, 0.3) is 0 Å². The SMILES string of the molecule is COC(=O)n1ncc2c(NC(=O)NC3CCc4cc(N5CCC6CCCCC6C5)ccc43)cccc21. The molecule has 6 rings (SSSR count). The quantitative estimate of drug-likeness (QED) is 0.511. The van der Waals surface area contributed by atoms with E-state index in [1.165, 1.54) is 67.3 Å². The molecule has 3 atom stereocenters. The molecule has 2 amide bonds. The minimum Gasteiger partial charge on any atom is -0.451 e. The third kappa shape index (κ3) is 4.18. The Labute approximate surface area is 211 Å². The zero-order valence-corrected chi connectivity index (χ0v) is 20.7. The van der Waals surface area contributed by atoms with Crippen molar-refractivity contribution in [2.75, 3.05) is 30.4 Å². The number of piperidine rings is 1. The van der Waals surface area contributed by atoms with Crippen LogP contribution < -0.4 is 15.5 Å². The number of fused-ring (bicyclic) bond motifs is 3. The van der Waals surface area contributed by atoms with Gasteiger partial charge in [-0.2, -0.15) is 9.78 Å². The number of amides is 2. The van der Waals surface area contributed by atoms with E-state index in [9.17, 15) is 9.59 Å². The Morgan fingerprint density at radius 1 is 1.06 bits per heavy atom. The second kappa shape index (κ2) is 9.48. The van der Waals surface area contributed by atoms with Gasteiger partial charge in [0.05, 0.1) is 30.6 Å². The number of carbonyl (C=O) groups is 2. The predicted molar refractivity (Wildman–Crippen MR) is 139 cm³/mol. The van der Waals surface area contributed by atoms with E-state index in [0.717, 1.165) is 31.2 Å². The number of methoxy groups -OCH3 is 1. The second-order valence-corrected chi connectivity index (χ2v) is 10.4. The van der Waals surface area contributed by atoms with Crippen LogP contribution in [0.15, 0.2) is 42.6 Å². The molecule has 2 aromatic carbocycles. The lowest BCUT2D eigenvalue weighted by Crippen LogP contribution is -2.41. The van der Waals surface area contributed by atoms with Crippen molar-refractivity contribution in [3.8, 4) is 0 Å². The van der Waals surface area contributed by atoms with E-state index in [-0.39, 0.29) is 12.1 Å². The lowest BCUT2D eigenvalue weighted by atomic mass is 9.75. The van der Waals surface area contributed by atoms with E-state index in [1.807, 2.05) is 0 Å². The first-order valence-electron chi connectivity index (χ1n) is 13.1. The number of urea groups is 1. The summed E-state index contributed by atoms with van der Waals surface area (Å²) in [6, 6.07) is 11.9. The molecular formula is C28H33N5O3. The van der Waals surface area contributed by atoms with Crippen molar-refractivity contribution in [2.45, 2.75) is 51.0 Å². The van der Waals surface area contributed by atoms with Crippen LogP contribution in [0.25, 0.3) is 10.9 Å². The average Bonchev–Trinajstić information content (AvgIpc) is 3.52. The molecule has 3 aliphatic rings. The highest BCUT2D eigenvalue weighted by Crippen LogP contribution is 2.39. The van der Waals surface area contributed by atoms with Crippen molar-refractivity contribution in [3.63, 3.8) is 0 Å². The number of carbonyl (C=O) groups excluding carboxylic acids is 2. The van der Waals surface area contributed by atoms with Gasteiger partial charge in [0.15, 0.2) is 0 Å². The minimum atomic E-state index is -0.573. The molecule has 0 radical (unpaired) electrons. The van der Waals surface area contributed by atoms with Gasteiger partial charge in [0.1, 0.15) is 0 Å². The molecule has 188 valence electrons. The summed E-state index contributed by atoms with van der Waals surface area (Å²) in [5, 5.41) is 10.9. The number of benzene rings is 2. The van der Waals surface area contributed by atoms with Crippen LogP contribution in [-0.2, 0) is 11.2 Å². The van der Waals surface area contributed by atoms with Crippen molar-refractivity contribution in [2.24, 2.45) is 11.8 Å². The number of rotatable bonds is 3. The Morgan fingerprint density at radius 2 is 1.92 bits per heavy atom. The smallest absolute Gasteiger partial charge is 0.434 e. The monoisotopic (exact) mass is 487 g/mol. The minimum absolute atomic E-state index is 0.0184. The molecule has 1 aromatic heterocycles. The van der Waals surface area contributed by atoms with Crippen LogP contribution in [0.5, 0.6) is 0 Å². The van der Waals surface area contributed by atoms with E-state index < -0.39 is 6.09 Å². The zero-order valence-electron chi connectivity index (χ0n) is 20.7. The van der Waals surface area contributed by atoms with Gasteiger partial charge in [0, 0.05) is 24.2 Å². The van der Waals surface area contributed by atoms with Crippen LogP contribution in [0.4, 0.5) is 21.0 Å². The van der Waals surface area contributed by atoms with Gasteiger partial charge >= 0.3 is 12.1 Å². The molecule has 1 saturated carbocycles. The lowest BCUT2D eigenvalue weighted by Gasteiger charge is -2.42. The summed E-state index contributed by atoms with van der Waals surface area (Å²) in [6.45, 7) is 2.34. The van der Waals surface area contributed by atoms with E-state index in [2.05, 4.69) is 38.8 Å². The summed E-state index contributed by atoms with van der Waals surface area (Å²) >= 11 is 0. The highest BCUT2D eigenvalue weighted by Gasteiger charge is 2.32. The Balaban J connectivity index is 1.13. The Morgan fingerprint density at radius 3 is 2.78 bits per heavy atom. The average molecular weight is 488 g/mol. The standard InChI is InChI=1S/C28H33N5O3/c1-36-28(35)33-26-8-4-7-24(23(26)16-29-33)30-27(34)31-25-12-9-19-15-21(10-11-22(19)25)32-14-13-18-5-2-3-6-20(18)17-32/h4,7-8,10-11,15-16,18,20,25H,2-3,5-6,9,12-14,17H2,1H3,(H2,30,31,34). The van der Waals surface area contributed by atoms with E-state index >= 15 is 0 Å². The van der Waals surface area contributed by atoms with Gasteiger partial charge in [-0.05, 0) is 72.9 Å². The topological polar surface area (TPSA) is 88.5 Å². The maximum Gasteiger partial charge on any atom is 0.434 e. The molecular weight excluding hydrogens is 454 g/mol. The van der Waals surface area contributed by atoms with E-state index in [0.29, 0.717) is 16.6 Å². The zero-order chi connectivity index (χ0) is 24.6. The normalized spacial score (nSPS) is 23.1. The van der Waals surface area contributed by atoms with Crippen LogP contribution in [-0.4, -0.2) is 42.1 Å². The van der Waals surface area contributed by atoms with Crippen LogP contribution in [0, 0.1) is 11.8 Å². The van der Waals surface area contributed by atoms with Crippen molar-refractivity contribution in [1.82, 2.24) is 15.1 Å². The predicted octanol–water partition coefficient (Wildman–Crippen LogP) is 5.48. The highest BCUT2D eigenvalue weighted by atomic mass is 16.5. The first kappa shape index (κ1) is 22.9. The van der Waals surface area contributed by atoms with Gasteiger partial charge in [-0.15, -0.1) is 0 Å². The van der Waals surface area contributed by atoms with E-state index in [4.69, 9.17) is 4.74 Å². The van der Waals surface area contributed by atoms with Crippen molar-refractivity contribution < 1.29 is 14.3 Å². The second-order valence-electron chi connectivity index (χ2n) is 10.4. The van der Waals surface area contributed by atoms with Crippen LogP contribution in [0.3, 0.4) is 0 Å². The maximum atomic E-state index is 12.9. The molecule has 2 N–H and O–H groups in total. The maximum absolute atomic E-state index is 12.9. The first-order valence-corrected chi connectivity index (χ1v) is 13.1. The summed E-state index contributed by atoms with van der Waals surface area (Å²) in [6.07, 6.45) is 9.76. The van der Waals surface area contributed by atoms with Gasteiger partial charge in [-0.3, -0.25) is 0 Å². The molecule has 3 unspecified atom stereocenters. The highest BCUT2D eigenvalue weighted by molar-refractivity contribution is 6.02. The molecule has 2 aliphatic carbocycles. The molecule has 8 nitrogen and oxygen atoms in total. The molecule has 1 saturated heterocycles.